The Morgan fingerprint density at radius 1 is 1.23 bits per heavy atom. The summed E-state index contributed by atoms with van der Waals surface area (Å²) in [6.07, 6.45) is 0.369. The third-order valence-electron chi connectivity index (χ3n) is 4.12. The summed E-state index contributed by atoms with van der Waals surface area (Å²) in [5, 5.41) is 12.1. The minimum Gasteiger partial charge on any atom is -0.478 e. The molecule has 0 saturated heterocycles. The van der Waals surface area contributed by atoms with Gasteiger partial charge >= 0.3 is 5.97 Å². The molecule has 26 heavy (non-hydrogen) atoms. The van der Waals surface area contributed by atoms with E-state index in [9.17, 15) is 28.3 Å². The molecule has 0 unspecified atom stereocenters. The van der Waals surface area contributed by atoms with Gasteiger partial charge in [-0.25, -0.2) is 13.6 Å². The minimum atomic E-state index is -1.20. The van der Waals surface area contributed by atoms with Crippen LogP contribution in [-0.4, -0.2) is 34.3 Å². The van der Waals surface area contributed by atoms with E-state index in [4.69, 9.17) is 0 Å². The molecule has 0 radical (unpaired) electrons. The molecule has 2 amide bonds. The summed E-state index contributed by atoms with van der Waals surface area (Å²) in [5.74, 6) is -4.30. The number of fused-ring (bicyclic) bond motifs is 1. The van der Waals surface area contributed by atoms with Crippen molar-refractivity contribution in [3.05, 3.63) is 51.4 Å². The van der Waals surface area contributed by atoms with Gasteiger partial charge in [0.05, 0.1) is 12.1 Å². The van der Waals surface area contributed by atoms with Gasteiger partial charge in [0.2, 0.25) is 5.91 Å². The molecule has 136 valence electrons. The molecule has 2 aromatic rings. The number of aromatic carboxylic acids is 1. The Morgan fingerprint density at radius 3 is 2.58 bits per heavy atom. The SMILES string of the molecule is CC(=O)N1CCc2c(sc(NC(=O)c3ccc(F)c(F)c3)c2C(=O)O)C1. The molecule has 0 bridgehead atoms. The predicted octanol–water partition coefficient (Wildman–Crippen LogP) is 2.88. The molecule has 3 rings (SSSR count). The number of carbonyl (C=O) groups is 3. The maximum Gasteiger partial charge on any atom is 0.339 e. The summed E-state index contributed by atoms with van der Waals surface area (Å²) < 4.78 is 26.3. The highest BCUT2D eigenvalue weighted by Crippen LogP contribution is 2.37. The third kappa shape index (κ3) is 3.30. The number of carbonyl (C=O) groups excluding carboxylic acids is 2. The molecule has 0 spiro atoms. The van der Waals surface area contributed by atoms with Gasteiger partial charge in [0.1, 0.15) is 5.00 Å². The second-order valence-corrected chi connectivity index (χ2v) is 6.89. The maximum absolute atomic E-state index is 13.3. The number of amides is 2. The van der Waals surface area contributed by atoms with E-state index < -0.39 is 23.5 Å². The Bertz CT molecular complexity index is 926. The van der Waals surface area contributed by atoms with Crippen LogP contribution in [-0.2, 0) is 17.8 Å². The molecule has 9 heteroatoms. The summed E-state index contributed by atoms with van der Waals surface area (Å²) in [7, 11) is 0. The van der Waals surface area contributed by atoms with Crippen molar-refractivity contribution >= 4 is 34.1 Å². The van der Waals surface area contributed by atoms with Crippen molar-refractivity contribution in [1.29, 1.82) is 0 Å². The smallest absolute Gasteiger partial charge is 0.339 e. The number of hydrogen-bond acceptors (Lipinski definition) is 4. The summed E-state index contributed by atoms with van der Waals surface area (Å²) in [4.78, 5) is 37.7. The quantitative estimate of drug-likeness (QED) is 0.857. The fraction of sp³-hybridized carbons (Fsp3) is 0.235. The van der Waals surface area contributed by atoms with E-state index in [1.54, 1.807) is 4.90 Å². The second kappa shape index (κ2) is 6.83. The molecule has 2 N–H and O–H groups in total. The molecule has 0 aliphatic carbocycles. The van der Waals surface area contributed by atoms with Crippen molar-refractivity contribution in [3.8, 4) is 0 Å². The molecule has 1 aromatic heterocycles. The van der Waals surface area contributed by atoms with Crippen molar-refractivity contribution in [1.82, 2.24) is 4.90 Å². The first-order valence-electron chi connectivity index (χ1n) is 7.67. The first kappa shape index (κ1) is 18.0. The van der Waals surface area contributed by atoms with Gasteiger partial charge in [-0.1, -0.05) is 0 Å². The topological polar surface area (TPSA) is 86.7 Å². The standard InChI is InChI=1S/C17H14F2N2O4S/c1-8(22)21-5-4-10-13(7-21)26-16(14(10)17(24)25)20-15(23)9-2-3-11(18)12(19)6-9/h2-3,6H,4-5,7H2,1H3,(H,20,23)(H,24,25). The fourth-order valence-electron chi connectivity index (χ4n) is 2.80. The minimum absolute atomic E-state index is 0.0239. The number of halogens is 2. The zero-order valence-electron chi connectivity index (χ0n) is 13.6. The molecule has 0 fully saturated rings. The largest absolute Gasteiger partial charge is 0.478 e. The molecule has 1 aliphatic heterocycles. The van der Waals surface area contributed by atoms with E-state index >= 15 is 0 Å². The predicted molar refractivity (Wildman–Crippen MR) is 90.4 cm³/mol. The van der Waals surface area contributed by atoms with Crippen LogP contribution in [0.15, 0.2) is 18.2 Å². The van der Waals surface area contributed by atoms with Crippen molar-refractivity contribution in [2.75, 3.05) is 11.9 Å². The number of nitrogens with zero attached hydrogens (tertiary/aromatic N) is 1. The lowest BCUT2D eigenvalue weighted by Gasteiger charge is -2.25. The van der Waals surface area contributed by atoms with Crippen LogP contribution in [0.25, 0.3) is 0 Å². The fourth-order valence-corrected chi connectivity index (χ4v) is 4.05. The van der Waals surface area contributed by atoms with Crippen molar-refractivity contribution < 1.29 is 28.3 Å². The summed E-state index contributed by atoms with van der Waals surface area (Å²) in [5.41, 5.74) is 0.432. The van der Waals surface area contributed by atoms with Crippen LogP contribution in [0.4, 0.5) is 13.8 Å². The van der Waals surface area contributed by atoms with Crippen molar-refractivity contribution in [3.63, 3.8) is 0 Å². The monoisotopic (exact) mass is 380 g/mol. The first-order valence-corrected chi connectivity index (χ1v) is 8.49. The average Bonchev–Trinajstić information content (AvgIpc) is 2.94. The lowest BCUT2D eigenvalue weighted by atomic mass is 10.0. The van der Waals surface area contributed by atoms with Crippen LogP contribution in [0.3, 0.4) is 0 Å². The van der Waals surface area contributed by atoms with Crippen LogP contribution in [0, 0.1) is 11.6 Å². The lowest BCUT2D eigenvalue weighted by molar-refractivity contribution is -0.129. The third-order valence-corrected chi connectivity index (χ3v) is 5.26. The van der Waals surface area contributed by atoms with E-state index in [1.165, 1.54) is 6.92 Å². The van der Waals surface area contributed by atoms with E-state index in [1.807, 2.05) is 0 Å². The number of carboxylic acids is 1. The Hall–Kier alpha value is -2.81. The van der Waals surface area contributed by atoms with Crippen LogP contribution >= 0.6 is 11.3 Å². The van der Waals surface area contributed by atoms with Crippen LogP contribution in [0.2, 0.25) is 0 Å². The van der Waals surface area contributed by atoms with Crippen LogP contribution in [0.1, 0.15) is 38.1 Å². The van der Waals surface area contributed by atoms with Crippen LogP contribution < -0.4 is 5.32 Å². The number of thiophene rings is 1. The van der Waals surface area contributed by atoms with Gasteiger partial charge in [-0.15, -0.1) is 11.3 Å². The van der Waals surface area contributed by atoms with Gasteiger partial charge in [0.15, 0.2) is 11.6 Å². The highest BCUT2D eigenvalue weighted by molar-refractivity contribution is 7.17. The van der Waals surface area contributed by atoms with Crippen LogP contribution in [0.5, 0.6) is 0 Å². The van der Waals surface area contributed by atoms with Gasteiger partial charge in [0.25, 0.3) is 5.91 Å². The van der Waals surface area contributed by atoms with Crippen molar-refractivity contribution in [2.45, 2.75) is 19.9 Å². The van der Waals surface area contributed by atoms with E-state index in [0.29, 0.717) is 23.4 Å². The summed E-state index contributed by atoms with van der Waals surface area (Å²) >= 11 is 1.07. The lowest BCUT2D eigenvalue weighted by Crippen LogP contribution is -2.33. The number of hydrogen-bond donors (Lipinski definition) is 2. The Morgan fingerprint density at radius 2 is 1.96 bits per heavy atom. The van der Waals surface area contributed by atoms with Gasteiger partial charge in [-0.3, -0.25) is 9.59 Å². The maximum atomic E-state index is 13.3. The zero-order chi connectivity index (χ0) is 19.0. The average molecular weight is 380 g/mol. The van der Waals surface area contributed by atoms with E-state index in [0.717, 1.165) is 29.5 Å². The van der Waals surface area contributed by atoms with E-state index in [-0.39, 0.29) is 28.6 Å². The highest BCUT2D eigenvalue weighted by Gasteiger charge is 2.29. The summed E-state index contributed by atoms with van der Waals surface area (Å²) in [6, 6.07) is 2.68. The van der Waals surface area contributed by atoms with Crippen molar-refractivity contribution in [2.24, 2.45) is 0 Å². The Balaban J connectivity index is 1.92. The number of anilines is 1. The molecule has 1 aromatic carbocycles. The molecule has 6 nitrogen and oxygen atoms in total. The molecule has 0 saturated carbocycles. The van der Waals surface area contributed by atoms with Gasteiger partial charge in [-0.2, -0.15) is 0 Å². The Kier molecular flexibility index (Phi) is 4.73. The summed E-state index contributed by atoms with van der Waals surface area (Å²) in [6.45, 7) is 2.11. The molecule has 2 heterocycles. The highest BCUT2D eigenvalue weighted by atomic mass is 32.1. The number of nitrogens with one attached hydrogen (secondary N) is 1. The Labute approximate surface area is 151 Å². The number of rotatable bonds is 3. The number of benzene rings is 1. The normalized spacial score (nSPS) is 13.3. The van der Waals surface area contributed by atoms with E-state index in [2.05, 4.69) is 5.32 Å². The van der Waals surface area contributed by atoms with Gasteiger partial charge in [-0.05, 0) is 30.2 Å². The first-order chi connectivity index (χ1) is 12.3. The number of carboxylic acid groups (broad SMARTS) is 1. The molecular weight excluding hydrogens is 366 g/mol. The van der Waals surface area contributed by atoms with Gasteiger partial charge < -0.3 is 15.3 Å². The molecular formula is C17H14F2N2O4S. The second-order valence-electron chi connectivity index (χ2n) is 5.79. The molecule has 0 atom stereocenters. The molecule has 1 aliphatic rings. The zero-order valence-corrected chi connectivity index (χ0v) is 14.5. The van der Waals surface area contributed by atoms with Gasteiger partial charge in [0, 0.05) is 23.9 Å².